The fraction of sp³-hybridized carbons (Fsp3) is 0.167. The molecule has 0 aliphatic heterocycles. The summed E-state index contributed by atoms with van der Waals surface area (Å²) in [5.41, 5.74) is 1.86. The van der Waals surface area contributed by atoms with Crippen molar-refractivity contribution in [1.82, 2.24) is 14.9 Å². The van der Waals surface area contributed by atoms with Gasteiger partial charge in [-0.2, -0.15) is 0 Å². The Bertz CT molecular complexity index is 822. The molecule has 2 aromatic heterocycles. The number of likely N-dealkylation sites (N-methyl/N-ethyl adjacent to an activating group) is 1. The van der Waals surface area contributed by atoms with Crippen LogP contribution in [0.15, 0.2) is 54.2 Å². The van der Waals surface area contributed by atoms with Crippen molar-refractivity contribution >= 4 is 17.2 Å². The van der Waals surface area contributed by atoms with Crippen LogP contribution >= 0.6 is 11.3 Å². The van der Waals surface area contributed by atoms with Crippen LogP contribution in [-0.2, 0) is 6.42 Å². The molecule has 0 saturated carbocycles. The minimum Gasteiger partial charge on any atom is -0.341 e. The summed E-state index contributed by atoms with van der Waals surface area (Å²) in [6, 6.07) is 10.0. The summed E-state index contributed by atoms with van der Waals surface area (Å²) < 4.78 is 13.9. The first-order valence-electron chi connectivity index (χ1n) is 7.49. The molecule has 122 valence electrons. The van der Waals surface area contributed by atoms with Gasteiger partial charge in [0.25, 0.3) is 5.91 Å². The number of rotatable bonds is 5. The summed E-state index contributed by atoms with van der Waals surface area (Å²) in [5.74, 6) is -0.660. The second kappa shape index (κ2) is 7.31. The largest absolute Gasteiger partial charge is 0.341 e. The van der Waals surface area contributed by atoms with Crippen LogP contribution in [-0.4, -0.2) is 34.4 Å². The number of aromatic nitrogens is 2. The maximum atomic E-state index is 13.9. The van der Waals surface area contributed by atoms with Crippen molar-refractivity contribution in [3.05, 3.63) is 71.2 Å². The molecule has 0 aliphatic carbocycles. The number of carbonyl (C=O) groups excluding carboxylic acids is 1. The SMILES string of the molecule is CN(CCc1ccccn1)C(=O)c1cc(F)cc(-c2nccs2)c1. The molecule has 2 heterocycles. The highest BCUT2D eigenvalue weighted by molar-refractivity contribution is 7.13. The maximum absolute atomic E-state index is 13.9. The topological polar surface area (TPSA) is 46.1 Å². The van der Waals surface area contributed by atoms with Gasteiger partial charge in [0.1, 0.15) is 10.8 Å². The van der Waals surface area contributed by atoms with Gasteiger partial charge in [-0.05, 0) is 30.3 Å². The van der Waals surface area contributed by atoms with Crippen molar-refractivity contribution in [2.45, 2.75) is 6.42 Å². The Hall–Kier alpha value is -2.60. The summed E-state index contributed by atoms with van der Waals surface area (Å²) in [6.07, 6.45) is 4.03. The molecule has 24 heavy (non-hydrogen) atoms. The molecule has 0 atom stereocenters. The lowest BCUT2D eigenvalue weighted by atomic mass is 10.1. The zero-order valence-corrected chi connectivity index (χ0v) is 14.0. The first kappa shape index (κ1) is 16.3. The number of halogens is 1. The van der Waals surface area contributed by atoms with Gasteiger partial charge in [0, 0.05) is 54.6 Å². The minimum atomic E-state index is -0.441. The van der Waals surface area contributed by atoms with Gasteiger partial charge in [0.15, 0.2) is 0 Å². The van der Waals surface area contributed by atoms with Gasteiger partial charge < -0.3 is 4.90 Å². The lowest BCUT2D eigenvalue weighted by Crippen LogP contribution is -2.29. The van der Waals surface area contributed by atoms with Gasteiger partial charge in [0.2, 0.25) is 0 Å². The van der Waals surface area contributed by atoms with Gasteiger partial charge in [-0.25, -0.2) is 9.37 Å². The smallest absolute Gasteiger partial charge is 0.253 e. The van der Waals surface area contributed by atoms with Crippen molar-refractivity contribution in [2.24, 2.45) is 0 Å². The van der Waals surface area contributed by atoms with Crippen molar-refractivity contribution in [2.75, 3.05) is 13.6 Å². The third-order valence-corrected chi connectivity index (χ3v) is 4.42. The summed E-state index contributed by atoms with van der Waals surface area (Å²) >= 11 is 1.41. The fourth-order valence-electron chi connectivity index (χ4n) is 2.35. The summed E-state index contributed by atoms with van der Waals surface area (Å²) in [5, 5.41) is 2.51. The second-order valence-electron chi connectivity index (χ2n) is 5.36. The highest BCUT2D eigenvalue weighted by Gasteiger charge is 2.15. The monoisotopic (exact) mass is 341 g/mol. The predicted octanol–water partition coefficient (Wildman–Crippen LogP) is 3.66. The number of pyridine rings is 1. The Kier molecular flexibility index (Phi) is 4.96. The van der Waals surface area contributed by atoms with Crippen LogP contribution in [0.4, 0.5) is 4.39 Å². The molecule has 0 saturated heterocycles. The molecule has 3 rings (SSSR count). The molecule has 0 N–H and O–H groups in total. The highest BCUT2D eigenvalue weighted by atomic mass is 32.1. The van der Waals surface area contributed by atoms with Crippen LogP contribution in [0.5, 0.6) is 0 Å². The number of hydrogen-bond acceptors (Lipinski definition) is 4. The first-order chi connectivity index (χ1) is 11.6. The van der Waals surface area contributed by atoms with E-state index < -0.39 is 5.82 Å². The minimum absolute atomic E-state index is 0.219. The quantitative estimate of drug-likeness (QED) is 0.711. The Labute approximate surface area is 143 Å². The average molecular weight is 341 g/mol. The van der Waals surface area contributed by atoms with Gasteiger partial charge in [-0.15, -0.1) is 11.3 Å². The molecule has 0 spiro atoms. The van der Waals surface area contributed by atoms with Crippen LogP contribution < -0.4 is 0 Å². The molecule has 0 fully saturated rings. The van der Waals surface area contributed by atoms with Crippen LogP contribution in [0, 0.1) is 5.82 Å². The third kappa shape index (κ3) is 3.83. The standard InChI is InChI=1S/C18H16FN3OS/c1-22(8-5-16-4-2-3-6-20-16)18(23)14-10-13(11-15(19)12-14)17-21-7-9-24-17/h2-4,6-7,9-12H,5,8H2,1H3. The lowest BCUT2D eigenvalue weighted by molar-refractivity contribution is 0.0796. The van der Waals surface area contributed by atoms with E-state index in [0.717, 1.165) is 5.69 Å². The van der Waals surface area contributed by atoms with E-state index >= 15 is 0 Å². The predicted molar refractivity (Wildman–Crippen MR) is 92.4 cm³/mol. The molecule has 1 amide bonds. The van der Waals surface area contributed by atoms with E-state index in [4.69, 9.17) is 0 Å². The molecule has 0 bridgehead atoms. The van der Waals surface area contributed by atoms with E-state index in [1.54, 1.807) is 30.4 Å². The first-order valence-corrected chi connectivity index (χ1v) is 8.37. The van der Waals surface area contributed by atoms with Crippen molar-refractivity contribution in [1.29, 1.82) is 0 Å². The van der Waals surface area contributed by atoms with Gasteiger partial charge in [-0.1, -0.05) is 6.07 Å². The molecule has 6 heteroatoms. The molecular formula is C18H16FN3OS. The van der Waals surface area contributed by atoms with Gasteiger partial charge >= 0.3 is 0 Å². The van der Waals surface area contributed by atoms with E-state index in [2.05, 4.69) is 9.97 Å². The van der Waals surface area contributed by atoms with Crippen molar-refractivity contribution < 1.29 is 9.18 Å². The zero-order chi connectivity index (χ0) is 16.9. The Balaban J connectivity index is 1.74. The molecule has 3 aromatic rings. The van der Waals surface area contributed by atoms with Crippen LogP contribution in [0.2, 0.25) is 0 Å². The van der Waals surface area contributed by atoms with E-state index in [9.17, 15) is 9.18 Å². The molecule has 0 radical (unpaired) electrons. The Morgan fingerprint density at radius 1 is 1.21 bits per heavy atom. The normalized spacial score (nSPS) is 10.6. The second-order valence-corrected chi connectivity index (χ2v) is 6.26. The van der Waals surface area contributed by atoms with Crippen LogP contribution in [0.1, 0.15) is 16.1 Å². The maximum Gasteiger partial charge on any atom is 0.253 e. The molecule has 1 aromatic carbocycles. The lowest BCUT2D eigenvalue weighted by Gasteiger charge is -2.17. The van der Waals surface area contributed by atoms with Crippen LogP contribution in [0.25, 0.3) is 10.6 Å². The third-order valence-electron chi connectivity index (χ3n) is 3.60. The fourth-order valence-corrected chi connectivity index (χ4v) is 2.98. The van der Waals surface area contributed by atoms with Crippen molar-refractivity contribution in [3.8, 4) is 10.6 Å². The highest BCUT2D eigenvalue weighted by Crippen LogP contribution is 2.24. The summed E-state index contributed by atoms with van der Waals surface area (Å²) in [4.78, 5) is 22.5. The number of amides is 1. The summed E-state index contributed by atoms with van der Waals surface area (Å²) in [6.45, 7) is 0.513. The Morgan fingerprint density at radius 2 is 2.08 bits per heavy atom. The number of hydrogen-bond donors (Lipinski definition) is 0. The number of thiazole rings is 1. The van der Waals surface area contributed by atoms with Crippen molar-refractivity contribution in [3.63, 3.8) is 0 Å². The van der Waals surface area contributed by atoms with E-state index in [1.807, 2.05) is 23.6 Å². The number of carbonyl (C=O) groups is 1. The summed E-state index contributed by atoms with van der Waals surface area (Å²) in [7, 11) is 1.71. The average Bonchev–Trinajstić information content (AvgIpc) is 3.14. The van der Waals surface area contributed by atoms with Crippen LogP contribution in [0.3, 0.4) is 0 Å². The molecule has 4 nitrogen and oxygen atoms in total. The number of benzene rings is 1. The molecule has 0 aliphatic rings. The van der Waals surface area contributed by atoms with Gasteiger partial charge in [0.05, 0.1) is 0 Å². The Morgan fingerprint density at radius 3 is 2.79 bits per heavy atom. The zero-order valence-electron chi connectivity index (χ0n) is 13.1. The van der Waals surface area contributed by atoms with E-state index in [1.165, 1.54) is 23.5 Å². The number of nitrogens with zero attached hydrogens (tertiary/aromatic N) is 3. The van der Waals surface area contributed by atoms with E-state index in [-0.39, 0.29) is 5.91 Å². The van der Waals surface area contributed by atoms with E-state index in [0.29, 0.717) is 29.1 Å². The van der Waals surface area contributed by atoms with Gasteiger partial charge in [-0.3, -0.25) is 9.78 Å². The molecule has 0 unspecified atom stereocenters. The molecular weight excluding hydrogens is 325 g/mol.